The van der Waals surface area contributed by atoms with Crippen LogP contribution in [0.1, 0.15) is 5.56 Å². The Morgan fingerprint density at radius 1 is 1.10 bits per heavy atom. The number of carbonyl (C=O) groups is 1. The second kappa shape index (κ2) is 9.50. The van der Waals surface area contributed by atoms with Gasteiger partial charge in [0.25, 0.3) is 5.91 Å². The molecule has 1 amide bonds. The number of ether oxygens (including phenoxy) is 2. The number of hydrogen-bond acceptors (Lipinski definition) is 5. The topological polar surface area (TPSA) is 72.0 Å². The zero-order valence-electron chi connectivity index (χ0n) is 15.6. The predicted octanol–water partition coefficient (Wildman–Crippen LogP) is 4.01. The van der Waals surface area contributed by atoms with Gasteiger partial charge in [-0.25, -0.2) is 5.43 Å². The summed E-state index contributed by atoms with van der Waals surface area (Å²) in [5.74, 6) is 0.295. The summed E-state index contributed by atoms with van der Waals surface area (Å²) in [6, 6.07) is 17.4. The zero-order chi connectivity index (χ0) is 20.6. The van der Waals surface area contributed by atoms with Gasteiger partial charge in [-0.3, -0.25) is 4.79 Å². The monoisotopic (exact) mass is 399 g/mol. The Bertz CT molecular complexity index is 1010. The summed E-state index contributed by atoms with van der Waals surface area (Å²) >= 11 is 0. The number of hydrazone groups is 1. The molecule has 0 unspecified atom stereocenters. The normalized spacial score (nSPS) is 11.0. The van der Waals surface area contributed by atoms with Crippen LogP contribution in [0.4, 0.5) is 14.5 Å². The summed E-state index contributed by atoms with van der Waals surface area (Å²) < 4.78 is 35.1. The van der Waals surface area contributed by atoms with Gasteiger partial charge in [0.1, 0.15) is 11.5 Å². The molecule has 0 aliphatic carbocycles. The average Bonchev–Trinajstić information content (AvgIpc) is 2.73. The van der Waals surface area contributed by atoms with Crippen LogP contribution in [0.3, 0.4) is 0 Å². The summed E-state index contributed by atoms with van der Waals surface area (Å²) in [6.45, 7) is -2.98. The van der Waals surface area contributed by atoms with Gasteiger partial charge in [0.2, 0.25) is 0 Å². The number of nitrogens with one attached hydrogen (secondary N) is 2. The van der Waals surface area contributed by atoms with Gasteiger partial charge < -0.3 is 14.8 Å². The molecule has 0 spiro atoms. The molecule has 0 aliphatic rings. The number of fused-ring (bicyclic) bond motifs is 1. The second-order valence-electron chi connectivity index (χ2n) is 5.95. The highest BCUT2D eigenvalue weighted by Gasteiger charge is 2.11. The highest BCUT2D eigenvalue weighted by molar-refractivity contribution is 6.02. The Balaban J connectivity index is 1.67. The van der Waals surface area contributed by atoms with E-state index in [-0.39, 0.29) is 12.3 Å². The minimum Gasteiger partial charge on any atom is -0.497 e. The minimum absolute atomic E-state index is 0.0143. The lowest BCUT2D eigenvalue weighted by Gasteiger charge is -2.10. The number of benzene rings is 3. The first-order chi connectivity index (χ1) is 14.1. The number of methoxy groups -OCH3 is 1. The Morgan fingerprint density at radius 3 is 2.59 bits per heavy atom. The summed E-state index contributed by atoms with van der Waals surface area (Å²) in [5.41, 5.74) is 3.47. The van der Waals surface area contributed by atoms with Crippen LogP contribution in [0.5, 0.6) is 11.5 Å². The van der Waals surface area contributed by atoms with Gasteiger partial charge in [-0.2, -0.15) is 13.9 Å². The first kappa shape index (κ1) is 20.1. The highest BCUT2D eigenvalue weighted by Crippen LogP contribution is 2.27. The molecule has 3 aromatic rings. The third-order valence-electron chi connectivity index (χ3n) is 4.07. The molecule has 0 saturated carbocycles. The van der Waals surface area contributed by atoms with Crippen LogP contribution in [0, 0.1) is 0 Å². The molecule has 0 radical (unpaired) electrons. The van der Waals surface area contributed by atoms with Crippen LogP contribution in [0.15, 0.2) is 65.8 Å². The van der Waals surface area contributed by atoms with E-state index in [2.05, 4.69) is 20.6 Å². The van der Waals surface area contributed by atoms with E-state index in [0.717, 1.165) is 11.1 Å². The molecule has 0 bridgehead atoms. The van der Waals surface area contributed by atoms with E-state index < -0.39 is 12.5 Å². The molecular formula is C21H19F2N3O3. The highest BCUT2D eigenvalue weighted by atomic mass is 19.3. The Labute approximate surface area is 166 Å². The molecule has 0 heterocycles. The summed E-state index contributed by atoms with van der Waals surface area (Å²) in [6.07, 6.45) is 1.30. The van der Waals surface area contributed by atoms with Crippen LogP contribution < -0.4 is 20.2 Å². The molecule has 8 heteroatoms. The first-order valence-electron chi connectivity index (χ1n) is 8.73. The van der Waals surface area contributed by atoms with Crippen molar-refractivity contribution in [1.29, 1.82) is 0 Å². The maximum Gasteiger partial charge on any atom is 0.387 e. The van der Waals surface area contributed by atoms with Gasteiger partial charge in [0.15, 0.2) is 0 Å². The van der Waals surface area contributed by atoms with Crippen LogP contribution >= 0.6 is 0 Å². The van der Waals surface area contributed by atoms with Crippen molar-refractivity contribution < 1.29 is 23.0 Å². The molecule has 3 rings (SSSR count). The van der Waals surface area contributed by atoms with Crippen molar-refractivity contribution in [1.82, 2.24) is 5.43 Å². The number of rotatable bonds is 8. The molecule has 2 N–H and O–H groups in total. The van der Waals surface area contributed by atoms with E-state index in [1.807, 2.05) is 12.1 Å². The largest absolute Gasteiger partial charge is 0.497 e. The lowest BCUT2D eigenvalue weighted by atomic mass is 10.0. The standard InChI is InChI=1S/C21H19F2N3O3/c1-28-16-9-7-15(8-10-16)24-13-20(27)26-25-12-18-17-5-3-2-4-14(17)6-11-19(18)29-21(22)23/h2-12,21,24H,13H2,1H3,(H,26,27)/b25-12-. The Morgan fingerprint density at radius 2 is 1.86 bits per heavy atom. The predicted molar refractivity (Wildman–Crippen MR) is 108 cm³/mol. The quantitative estimate of drug-likeness (QED) is 0.444. The van der Waals surface area contributed by atoms with E-state index in [1.54, 1.807) is 49.6 Å². The fourth-order valence-corrected chi connectivity index (χ4v) is 2.71. The van der Waals surface area contributed by atoms with Gasteiger partial charge in [0, 0.05) is 11.3 Å². The van der Waals surface area contributed by atoms with Crippen molar-refractivity contribution in [2.45, 2.75) is 6.61 Å². The molecule has 6 nitrogen and oxygen atoms in total. The molecule has 29 heavy (non-hydrogen) atoms. The average molecular weight is 399 g/mol. The number of amides is 1. The number of carbonyl (C=O) groups excluding carboxylic acids is 1. The number of anilines is 1. The summed E-state index contributed by atoms with van der Waals surface area (Å²) in [5, 5.41) is 8.35. The van der Waals surface area contributed by atoms with Crippen molar-refractivity contribution in [3.05, 3.63) is 66.2 Å². The van der Waals surface area contributed by atoms with Gasteiger partial charge in [-0.05, 0) is 41.1 Å². The Hall–Kier alpha value is -3.68. The minimum atomic E-state index is -2.97. The molecule has 0 atom stereocenters. The van der Waals surface area contributed by atoms with Crippen molar-refractivity contribution in [3.63, 3.8) is 0 Å². The van der Waals surface area contributed by atoms with Crippen LogP contribution in [0.2, 0.25) is 0 Å². The lowest BCUT2D eigenvalue weighted by molar-refractivity contribution is -0.119. The number of hydrogen-bond donors (Lipinski definition) is 2. The lowest BCUT2D eigenvalue weighted by Crippen LogP contribution is -2.25. The van der Waals surface area contributed by atoms with E-state index in [0.29, 0.717) is 16.7 Å². The summed E-state index contributed by atoms with van der Waals surface area (Å²) in [4.78, 5) is 12.0. The van der Waals surface area contributed by atoms with Crippen molar-refractivity contribution in [2.24, 2.45) is 5.10 Å². The third-order valence-corrected chi connectivity index (χ3v) is 4.07. The van der Waals surface area contributed by atoms with Gasteiger partial charge >= 0.3 is 6.61 Å². The van der Waals surface area contributed by atoms with Crippen LogP contribution in [0.25, 0.3) is 10.8 Å². The second-order valence-corrected chi connectivity index (χ2v) is 5.95. The van der Waals surface area contributed by atoms with Gasteiger partial charge in [-0.15, -0.1) is 0 Å². The maximum absolute atomic E-state index is 12.7. The molecule has 0 saturated heterocycles. The SMILES string of the molecule is COc1ccc(NCC(=O)N/N=C\c2c(OC(F)F)ccc3ccccc23)cc1. The van der Waals surface area contributed by atoms with Crippen molar-refractivity contribution in [3.8, 4) is 11.5 Å². The molecule has 3 aromatic carbocycles. The zero-order valence-corrected chi connectivity index (χ0v) is 15.6. The maximum atomic E-state index is 12.7. The molecular weight excluding hydrogens is 380 g/mol. The van der Waals surface area contributed by atoms with E-state index in [9.17, 15) is 13.6 Å². The van der Waals surface area contributed by atoms with Crippen LogP contribution in [-0.4, -0.2) is 32.4 Å². The smallest absolute Gasteiger partial charge is 0.387 e. The van der Waals surface area contributed by atoms with Crippen LogP contribution in [-0.2, 0) is 4.79 Å². The third kappa shape index (κ3) is 5.41. The molecule has 150 valence electrons. The van der Waals surface area contributed by atoms with Gasteiger partial charge in [-0.1, -0.05) is 30.3 Å². The van der Waals surface area contributed by atoms with E-state index >= 15 is 0 Å². The van der Waals surface area contributed by atoms with Crippen molar-refractivity contribution in [2.75, 3.05) is 19.0 Å². The number of nitrogens with zero attached hydrogens (tertiary/aromatic N) is 1. The summed E-state index contributed by atoms with van der Waals surface area (Å²) in [7, 11) is 1.57. The van der Waals surface area contributed by atoms with E-state index in [1.165, 1.54) is 12.3 Å². The molecule has 0 aliphatic heterocycles. The van der Waals surface area contributed by atoms with Crippen molar-refractivity contribution >= 4 is 28.6 Å². The Kier molecular flexibility index (Phi) is 6.57. The number of alkyl halides is 2. The molecule has 0 fully saturated rings. The van der Waals surface area contributed by atoms with E-state index in [4.69, 9.17) is 4.74 Å². The molecule has 0 aromatic heterocycles. The fourth-order valence-electron chi connectivity index (χ4n) is 2.71. The number of halogens is 2. The first-order valence-corrected chi connectivity index (χ1v) is 8.73. The van der Waals surface area contributed by atoms with Gasteiger partial charge in [0.05, 0.1) is 19.9 Å². The fraction of sp³-hybridized carbons (Fsp3) is 0.143.